The number of carbonyl (C=O) groups is 2. The van der Waals surface area contributed by atoms with Gasteiger partial charge in [-0.25, -0.2) is 4.98 Å². The summed E-state index contributed by atoms with van der Waals surface area (Å²) < 4.78 is 38.4. The molecule has 4 rings (SSSR count). The average molecular weight is 495 g/mol. The Morgan fingerprint density at radius 3 is 2.32 bits per heavy atom. The van der Waals surface area contributed by atoms with Crippen LogP contribution in [0.3, 0.4) is 0 Å². The van der Waals surface area contributed by atoms with Crippen molar-refractivity contribution in [2.45, 2.75) is 25.4 Å². The Kier molecular flexibility index (Phi) is 7.30. The lowest BCUT2D eigenvalue weighted by Crippen LogP contribution is -2.47. The van der Waals surface area contributed by atoms with Crippen LogP contribution in [0.1, 0.15) is 35.2 Å². The predicted molar refractivity (Wildman–Crippen MR) is 123 cm³/mol. The van der Waals surface area contributed by atoms with Crippen LogP contribution in [0.2, 0.25) is 5.02 Å². The number of anilines is 1. The van der Waals surface area contributed by atoms with Crippen LogP contribution >= 0.6 is 11.6 Å². The molecule has 2 aliphatic heterocycles. The van der Waals surface area contributed by atoms with Crippen molar-refractivity contribution in [2.24, 2.45) is 5.92 Å². The van der Waals surface area contributed by atoms with E-state index < -0.39 is 11.7 Å². The Labute approximate surface area is 201 Å². The van der Waals surface area contributed by atoms with E-state index in [-0.39, 0.29) is 17.7 Å². The van der Waals surface area contributed by atoms with Gasteiger partial charge in [-0.3, -0.25) is 9.59 Å². The highest BCUT2D eigenvalue weighted by molar-refractivity contribution is 6.30. The summed E-state index contributed by atoms with van der Waals surface area (Å²) in [6.45, 7) is 3.11. The van der Waals surface area contributed by atoms with Crippen molar-refractivity contribution in [3.05, 3.63) is 58.7 Å². The van der Waals surface area contributed by atoms with Crippen LogP contribution in [0.15, 0.2) is 42.6 Å². The third-order valence-corrected chi connectivity index (χ3v) is 6.61. The second-order valence-electron chi connectivity index (χ2n) is 8.67. The molecule has 2 aliphatic rings. The predicted octanol–water partition coefficient (Wildman–Crippen LogP) is 4.34. The summed E-state index contributed by atoms with van der Waals surface area (Å²) in [5, 5.41) is 0.560. The molecule has 2 fully saturated rings. The van der Waals surface area contributed by atoms with Crippen LogP contribution in [-0.4, -0.2) is 65.9 Å². The Balaban J connectivity index is 1.36. The number of piperidine rings is 1. The molecule has 2 amide bonds. The van der Waals surface area contributed by atoms with Crippen molar-refractivity contribution in [3.8, 4) is 0 Å². The fourth-order valence-electron chi connectivity index (χ4n) is 4.50. The minimum atomic E-state index is -4.42. The molecule has 0 saturated carbocycles. The van der Waals surface area contributed by atoms with E-state index in [2.05, 4.69) is 4.98 Å². The van der Waals surface area contributed by atoms with E-state index in [1.807, 2.05) is 9.80 Å². The summed E-state index contributed by atoms with van der Waals surface area (Å²) in [5.74, 6) is 0.126. The van der Waals surface area contributed by atoms with Gasteiger partial charge in [-0.15, -0.1) is 0 Å². The fraction of sp³-hybridized carbons (Fsp3) is 0.458. The first-order chi connectivity index (χ1) is 16.2. The maximum absolute atomic E-state index is 13.3. The highest BCUT2D eigenvalue weighted by Gasteiger charge is 2.33. The van der Waals surface area contributed by atoms with E-state index in [4.69, 9.17) is 11.6 Å². The van der Waals surface area contributed by atoms with Gasteiger partial charge in [0.2, 0.25) is 5.91 Å². The summed E-state index contributed by atoms with van der Waals surface area (Å²) in [4.78, 5) is 35.6. The molecule has 0 N–H and O–H groups in total. The summed E-state index contributed by atoms with van der Waals surface area (Å²) in [6.07, 6.45) is -1.41. The molecular weight excluding hydrogens is 469 g/mol. The molecule has 2 saturated heterocycles. The molecular formula is C24H26ClF3N4O2. The van der Waals surface area contributed by atoms with Crippen molar-refractivity contribution in [2.75, 3.05) is 44.2 Å². The van der Waals surface area contributed by atoms with Gasteiger partial charge in [-0.2, -0.15) is 13.2 Å². The molecule has 0 bridgehead atoms. The molecule has 2 aromatic rings. The van der Waals surface area contributed by atoms with Gasteiger partial charge in [0.15, 0.2) is 0 Å². The number of nitrogens with zero attached hydrogens (tertiary/aromatic N) is 4. The maximum Gasteiger partial charge on any atom is 0.417 e. The first-order valence-corrected chi connectivity index (χ1v) is 11.7. The van der Waals surface area contributed by atoms with Crippen LogP contribution in [-0.2, 0) is 11.0 Å². The Morgan fingerprint density at radius 1 is 0.912 bits per heavy atom. The number of halogens is 4. The van der Waals surface area contributed by atoms with Gasteiger partial charge in [-0.05, 0) is 55.7 Å². The minimum Gasteiger partial charge on any atom is -0.355 e. The number of hydrogen-bond donors (Lipinski definition) is 0. The van der Waals surface area contributed by atoms with Gasteiger partial charge in [0.05, 0.1) is 11.5 Å². The highest BCUT2D eigenvalue weighted by atomic mass is 35.5. The maximum atomic E-state index is 13.3. The summed E-state index contributed by atoms with van der Waals surface area (Å²) in [7, 11) is 0. The van der Waals surface area contributed by atoms with E-state index in [0.717, 1.165) is 25.1 Å². The lowest BCUT2D eigenvalue weighted by molar-refractivity contribution is -0.138. The molecule has 1 unspecified atom stereocenters. The Bertz CT molecular complexity index is 1010. The number of carbonyl (C=O) groups excluding carboxylic acids is 2. The minimum absolute atomic E-state index is 0.0239. The summed E-state index contributed by atoms with van der Waals surface area (Å²) in [5.41, 5.74) is -0.232. The van der Waals surface area contributed by atoms with Crippen molar-refractivity contribution in [1.82, 2.24) is 14.8 Å². The zero-order valence-electron chi connectivity index (χ0n) is 18.6. The number of pyridine rings is 1. The van der Waals surface area contributed by atoms with Crippen molar-refractivity contribution < 1.29 is 22.8 Å². The van der Waals surface area contributed by atoms with E-state index in [1.54, 1.807) is 29.2 Å². The first-order valence-electron chi connectivity index (χ1n) is 11.3. The Morgan fingerprint density at radius 2 is 1.65 bits per heavy atom. The third-order valence-electron chi connectivity index (χ3n) is 6.36. The molecule has 0 aliphatic carbocycles. The van der Waals surface area contributed by atoms with Crippen LogP contribution in [0.4, 0.5) is 19.0 Å². The van der Waals surface area contributed by atoms with Crippen molar-refractivity contribution in [1.29, 1.82) is 0 Å². The third kappa shape index (κ3) is 5.63. The molecule has 1 aromatic carbocycles. The smallest absolute Gasteiger partial charge is 0.355 e. The standard InChI is InChI=1S/C24H26ClF3N4O2/c25-20-7-4-17(5-8-20)22(33)32-10-1-3-18(16-32)23(34)31-12-2-11-30(13-14-31)21-9-6-19(15-29-21)24(26,27)28/h4-9,15,18H,1-3,10-14,16H2. The number of aromatic nitrogens is 1. The lowest BCUT2D eigenvalue weighted by atomic mass is 9.95. The fourth-order valence-corrected chi connectivity index (χ4v) is 4.63. The number of amides is 2. The van der Waals surface area contributed by atoms with Crippen LogP contribution in [0, 0.1) is 5.92 Å². The molecule has 10 heteroatoms. The van der Waals surface area contributed by atoms with E-state index in [0.29, 0.717) is 62.1 Å². The highest BCUT2D eigenvalue weighted by Crippen LogP contribution is 2.29. The zero-order valence-corrected chi connectivity index (χ0v) is 19.4. The lowest BCUT2D eigenvalue weighted by Gasteiger charge is -2.35. The molecule has 6 nitrogen and oxygen atoms in total. The van der Waals surface area contributed by atoms with E-state index in [9.17, 15) is 22.8 Å². The monoisotopic (exact) mass is 494 g/mol. The van der Waals surface area contributed by atoms with Crippen molar-refractivity contribution in [3.63, 3.8) is 0 Å². The largest absolute Gasteiger partial charge is 0.417 e. The number of hydrogen-bond acceptors (Lipinski definition) is 4. The number of likely N-dealkylation sites (tertiary alicyclic amines) is 1. The zero-order chi connectivity index (χ0) is 24.3. The molecule has 182 valence electrons. The van der Waals surface area contributed by atoms with Gasteiger partial charge in [0, 0.05) is 56.1 Å². The molecule has 1 aromatic heterocycles. The number of rotatable bonds is 3. The van der Waals surface area contributed by atoms with E-state index >= 15 is 0 Å². The molecule has 1 atom stereocenters. The topological polar surface area (TPSA) is 56.8 Å². The number of benzene rings is 1. The Hall–Kier alpha value is -2.81. The molecule has 0 spiro atoms. The quantitative estimate of drug-likeness (QED) is 0.637. The second kappa shape index (κ2) is 10.2. The van der Waals surface area contributed by atoms with Gasteiger partial charge >= 0.3 is 6.18 Å². The molecule has 3 heterocycles. The molecule has 34 heavy (non-hydrogen) atoms. The average Bonchev–Trinajstić information content (AvgIpc) is 3.10. The van der Waals surface area contributed by atoms with Crippen LogP contribution in [0.25, 0.3) is 0 Å². The van der Waals surface area contributed by atoms with Crippen LogP contribution in [0.5, 0.6) is 0 Å². The summed E-state index contributed by atoms with van der Waals surface area (Å²) >= 11 is 5.91. The van der Waals surface area contributed by atoms with Crippen LogP contribution < -0.4 is 4.90 Å². The van der Waals surface area contributed by atoms with Crippen molar-refractivity contribution >= 4 is 29.2 Å². The molecule has 0 radical (unpaired) electrons. The normalized spacial score (nSPS) is 19.6. The summed E-state index contributed by atoms with van der Waals surface area (Å²) in [6, 6.07) is 9.14. The SMILES string of the molecule is O=C(c1ccc(Cl)cc1)N1CCCC(C(=O)N2CCCN(c3ccc(C(F)(F)F)cn3)CC2)C1. The van der Waals surface area contributed by atoms with Gasteiger partial charge < -0.3 is 14.7 Å². The number of alkyl halides is 3. The van der Waals surface area contributed by atoms with Gasteiger partial charge in [-0.1, -0.05) is 11.6 Å². The van der Waals surface area contributed by atoms with Gasteiger partial charge in [0.1, 0.15) is 5.82 Å². The van der Waals surface area contributed by atoms with E-state index in [1.165, 1.54) is 6.07 Å². The first kappa shape index (κ1) is 24.3. The van der Waals surface area contributed by atoms with Gasteiger partial charge in [0.25, 0.3) is 5.91 Å². The second-order valence-corrected chi connectivity index (χ2v) is 9.10.